The SMILES string of the molecule is CN(C)C(=O)COCC1CCCC1CN. The zero-order valence-electron chi connectivity index (χ0n) is 9.74. The molecule has 1 fully saturated rings. The molecule has 2 atom stereocenters. The summed E-state index contributed by atoms with van der Waals surface area (Å²) in [5, 5.41) is 0. The molecule has 1 amide bonds. The third-order valence-corrected chi connectivity index (χ3v) is 3.18. The number of likely N-dealkylation sites (N-methyl/N-ethyl adjacent to an activating group) is 1. The van der Waals surface area contributed by atoms with E-state index in [-0.39, 0.29) is 12.5 Å². The van der Waals surface area contributed by atoms with Crippen LogP contribution in [0.3, 0.4) is 0 Å². The Bertz CT molecular complexity index is 207. The van der Waals surface area contributed by atoms with Crippen LogP contribution in [-0.2, 0) is 9.53 Å². The van der Waals surface area contributed by atoms with Crippen LogP contribution in [0.2, 0.25) is 0 Å². The van der Waals surface area contributed by atoms with Crippen LogP contribution in [0.5, 0.6) is 0 Å². The number of amides is 1. The molecule has 0 saturated heterocycles. The lowest BCUT2D eigenvalue weighted by molar-refractivity contribution is -0.134. The summed E-state index contributed by atoms with van der Waals surface area (Å²) < 4.78 is 5.43. The van der Waals surface area contributed by atoms with Gasteiger partial charge in [-0.05, 0) is 31.2 Å². The van der Waals surface area contributed by atoms with E-state index in [1.807, 2.05) is 0 Å². The Labute approximate surface area is 91.8 Å². The molecule has 1 rings (SSSR count). The topological polar surface area (TPSA) is 55.6 Å². The number of nitrogens with zero attached hydrogens (tertiary/aromatic N) is 1. The highest BCUT2D eigenvalue weighted by Crippen LogP contribution is 2.30. The molecule has 0 bridgehead atoms. The fourth-order valence-electron chi connectivity index (χ4n) is 2.07. The molecule has 0 aliphatic heterocycles. The van der Waals surface area contributed by atoms with Crippen molar-refractivity contribution in [3.05, 3.63) is 0 Å². The summed E-state index contributed by atoms with van der Waals surface area (Å²) in [6.45, 7) is 1.62. The second-order valence-corrected chi connectivity index (χ2v) is 4.49. The molecule has 4 nitrogen and oxygen atoms in total. The molecule has 0 aromatic rings. The van der Waals surface area contributed by atoms with Crippen LogP contribution in [-0.4, -0.2) is 44.7 Å². The highest BCUT2D eigenvalue weighted by Gasteiger charge is 2.26. The average molecular weight is 214 g/mol. The molecule has 0 aromatic heterocycles. The minimum Gasteiger partial charge on any atom is -0.371 e. The van der Waals surface area contributed by atoms with Gasteiger partial charge in [0.25, 0.3) is 0 Å². The maximum atomic E-state index is 11.2. The maximum absolute atomic E-state index is 11.2. The molecule has 0 radical (unpaired) electrons. The van der Waals surface area contributed by atoms with E-state index in [2.05, 4.69) is 0 Å². The summed E-state index contributed by atoms with van der Waals surface area (Å²) in [5.41, 5.74) is 5.67. The Morgan fingerprint density at radius 1 is 1.40 bits per heavy atom. The van der Waals surface area contributed by atoms with Crippen LogP contribution in [0.1, 0.15) is 19.3 Å². The van der Waals surface area contributed by atoms with Gasteiger partial charge in [-0.25, -0.2) is 0 Å². The number of hydrogen-bond donors (Lipinski definition) is 1. The first kappa shape index (κ1) is 12.5. The smallest absolute Gasteiger partial charge is 0.248 e. The third-order valence-electron chi connectivity index (χ3n) is 3.18. The van der Waals surface area contributed by atoms with E-state index in [0.717, 1.165) is 6.54 Å². The van der Waals surface area contributed by atoms with Gasteiger partial charge in [-0.2, -0.15) is 0 Å². The average Bonchev–Trinajstić information content (AvgIpc) is 2.65. The minimum absolute atomic E-state index is 0.0253. The molecule has 0 heterocycles. The molecule has 0 aromatic carbocycles. The molecule has 4 heteroatoms. The number of rotatable bonds is 5. The Kier molecular flexibility index (Phi) is 5.05. The zero-order chi connectivity index (χ0) is 11.3. The van der Waals surface area contributed by atoms with Gasteiger partial charge in [-0.3, -0.25) is 4.79 Å². The Morgan fingerprint density at radius 3 is 2.67 bits per heavy atom. The molecule has 0 spiro atoms. The Morgan fingerprint density at radius 2 is 2.07 bits per heavy atom. The molecular weight excluding hydrogens is 192 g/mol. The van der Waals surface area contributed by atoms with Gasteiger partial charge in [0.2, 0.25) is 5.91 Å². The predicted octanol–water partition coefficient (Wildman–Crippen LogP) is 0.466. The van der Waals surface area contributed by atoms with Gasteiger partial charge >= 0.3 is 0 Å². The molecule has 1 aliphatic rings. The normalized spacial score (nSPS) is 25.5. The summed E-state index contributed by atoms with van der Waals surface area (Å²) in [5.74, 6) is 1.18. The molecule has 2 N–H and O–H groups in total. The van der Waals surface area contributed by atoms with Crippen LogP contribution in [0, 0.1) is 11.8 Å². The van der Waals surface area contributed by atoms with Crippen LogP contribution < -0.4 is 5.73 Å². The van der Waals surface area contributed by atoms with Crippen molar-refractivity contribution >= 4 is 5.91 Å². The standard InChI is InChI=1S/C11H22N2O2/c1-13(2)11(14)8-15-7-10-5-3-4-9(10)6-12/h9-10H,3-8,12H2,1-2H3. The van der Waals surface area contributed by atoms with E-state index >= 15 is 0 Å². The summed E-state index contributed by atoms with van der Waals surface area (Å²) in [6, 6.07) is 0. The van der Waals surface area contributed by atoms with Crippen molar-refractivity contribution in [2.24, 2.45) is 17.6 Å². The van der Waals surface area contributed by atoms with Gasteiger partial charge in [-0.15, -0.1) is 0 Å². The van der Waals surface area contributed by atoms with Gasteiger partial charge in [0.05, 0.1) is 6.61 Å². The monoisotopic (exact) mass is 214 g/mol. The van der Waals surface area contributed by atoms with Crippen LogP contribution in [0.15, 0.2) is 0 Å². The van der Waals surface area contributed by atoms with E-state index in [1.54, 1.807) is 19.0 Å². The fourth-order valence-corrected chi connectivity index (χ4v) is 2.07. The van der Waals surface area contributed by atoms with Crippen molar-refractivity contribution in [2.45, 2.75) is 19.3 Å². The summed E-state index contributed by atoms with van der Waals surface area (Å²) >= 11 is 0. The van der Waals surface area contributed by atoms with E-state index in [0.29, 0.717) is 18.4 Å². The van der Waals surface area contributed by atoms with Crippen LogP contribution in [0.25, 0.3) is 0 Å². The first-order chi connectivity index (χ1) is 7.15. The number of ether oxygens (including phenoxy) is 1. The third kappa shape index (κ3) is 3.80. The maximum Gasteiger partial charge on any atom is 0.248 e. The lowest BCUT2D eigenvalue weighted by atomic mass is 9.97. The van der Waals surface area contributed by atoms with Crippen LogP contribution in [0.4, 0.5) is 0 Å². The van der Waals surface area contributed by atoms with E-state index < -0.39 is 0 Å². The highest BCUT2D eigenvalue weighted by atomic mass is 16.5. The van der Waals surface area contributed by atoms with Crippen molar-refractivity contribution in [3.63, 3.8) is 0 Å². The molecule has 88 valence electrons. The van der Waals surface area contributed by atoms with Gasteiger partial charge in [0.15, 0.2) is 0 Å². The van der Waals surface area contributed by atoms with Crippen molar-refractivity contribution in [2.75, 3.05) is 33.9 Å². The number of hydrogen-bond acceptors (Lipinski definition) is 3. The van der Waals surface area contributed by atoms with Crippen molar-refractivity contribution in [3.8, 4) is 0 Å². The molecule has 2 unspecified atom stereocenters. The number of carbonyl (C=O) groups excluding carboxylic acids is 1. The van der Waals surface area contributed by atoms with Crippen LogP contribution >= 0.6 is 0 Å². The minimum atomic E-state index is 0.0253. The fraction of sp³-hybridized carbons (Fsp3) is 0.909. The summed E-state index contributed by atoms with van der Waals surface area (Å²) in [6.07, 6.45) is 3.65. The summed E-state index contributed by atoms with van der Waals surface area (Å²) in [7, 11) is 3.48. The second-order valence-electron chi connectivity index (χ2n) is 4.49. The first-order valence-electron chi connectivity index (χ1n) is 5.63. The second kappa shape index (κ2) is 6.08. The van der Waals surface area contributed by atoms with E-state index in [1.165, 1.54) is 19.3 Å². The molecule has 15 heavy (non-hydrogen) atoms. The highest BCUT2D eigenvalue weighted by molar-refractivity contribution is 5.76. The van der Waals surface area contributed by atoms with Gasteiger partial charge in [0, 0.05) is 14.1 Å². The van der Waals surface area contributed by atoms with Gasteiger partial charge in [0.1, 0.15) is 6.61 Å². The van der Waals surface area contributed by atoms with Crippen molar-refractivity contribution < 1.29 is 9.53 Å². The van der Waals surface area contributed by atoms with Crippen molar-refractivity contribution in [1.82, 2.24) is 4.90 Å². The van der Waals surface area contributed by atoms with Gasteiger partial charge in [-0.1, -0.05) is 6.42 Å². The Balaban J connectivity index is 2.17. The predicted molar refractivity (Wildman–Crippen MR) is 59.4 cm³/mol. The first-order valence-corrected chi connectivity index (χ1v) is 5.63. The lowest BCUT2D eigenvalue weighted by Crippen LogP contribution is -2.28. The number of nitrogens with two attached hydrogens (primary N) is 1. The molecule has 1 aliphatic carbocycles. The van der Waals surface area contributed by atoms with Gasteiger partial charge < -0.3 is 15.4 Å². The number of carbonyl (C=O) groups is 1. The molecular formula is C11H22N2O2. The quantitative estimate of drug-likeness (QED) is 0.723. The van der Waals surface area contributed by atoms with E-state index in [9.17, 15) is 4.79 Å². The Hall–Kier alpha value is -0.610. The summed E-state index contributed by atoms with van der Waals surface area (Å²) in [4.78, 5) is 12.8. The van der Waals surface area contributed by atoms with Crippen molar-refractivity contribution in [1.29, 1.82) is 0 Å². The molecule has 1 saturated carbocycles. The zero-order valence-corrected chi connectivity index (χ0v) is 9.74. The largest absolute Gasteiger partial charge is 0.371 e. The van der Waals surface area contributed by atoms with E-state index in [4.69, 9.17) is 10.5 Å². The lowest BCUT2D eigenvalue weighted by Gasteiger charge is -2.18.